The molecule has 0 radical (unpaired) electrons. The van der Waals surface area contributed by atoms with E-state index in [9.17, 15) is 9.59 Å². The number of rotatable bonds is 6. The Balaban J connectivity index is 1.35. The summed E-state index contributed by atoms with van der Waals surface area (Å²) < 4.78 is 12.2. The number of benzene rings is 1. The molecule has 1 atom stereocenters. The number of hydrogen-bond acceptors (Lipinski definition) is 6. The van der Waals surface area contributed by atoms with E-state index in [1.165, 1.54) is 11.8 Å². The number of hydrogen-bond donors (Lipinski definition) is 2. The number of amides is 1. The van der Waals surface area contributed by atoms with Gasteiger partial charge in [0.2, 0.25) is 12.7 Å². The van der Waals surface area contributed by atoms with Gasteiger partial charge in [-0.2, -0.15) is 0 Å². The smallest absolute Gasteiger partial charge is 0.344 e. The van der Waals surface area contributed by atoms with E-state index in [1.807, 2.05) is 18.2 Å². The number of aromatic amines is 1. The predicted molar refractivity (Wildman–Crippen MR) is 90.8 cm³/mol. The molecule has 25 heavy (non-hydrogen) atoms. The summed E-state index contributed by atoms with van der Waals surface area (Å²) in [6.07, 6.45) is 1.97. The summed E-state index contributed by atoms with van der Waals surface area (Å²) in [6, 6.07) is 5.81. The molecule has 1 aliphatic carbocycles. The van der Waals surface area contributed by atoms with Gasteiger partial charge < -0.3 is 14.8 Å². The minimum absolute atomic E-state index is 0.111. The summed E-state index contributed by atoms with van der Waals surface area (Å²) in [4.78, 5) is 24.1. The van der Waals surface area contributed by atoms with Crippen molar-refractivity contribution < 1.29 is 14.3 Å². The summed E-state index contributed by atoms with van der Waals surface area (Å²) in [7, 11) is 0. The molecule has 0 bridgehead atoms. The second kappa shape index (κ2) is 6.47. The normalized spacial score (nSPS) is 16.7. The van der Waals surface area contributed by atoms with Gasteiger partial charge in [0, 0.05) is 12.6 Å². The molecule has 1 aliphatic heterocycles. The van der Waals surface area contributed by atoms with Gasteiger partial charge >= 0.3 is 5.69 Å². The van der Waals surface area contributed by atoms with E-state index in [4.69, 9.17) is 9.47 Å². The first-order valence-electron chi connectivity index (χ1n) is 8.11. The van der Waals surface area contributed by atoms with Crippen molar-refractivity contribution in [2.45, 2.75) is 42.8 Å². The topological polar surface area (TPSA) is 98.2 Å². The summed E-state index contributed by atoms with van der Waals surface area (Å²) in [5, 5.41) is 9.61. The molecule has 1 saturated carbocycles. The van der Waals surface area contributed by atoms with Crippen LogP contribution in [0.2, 0.25) is 0 Å². The van der Waals surface area contributed by atoms with E-state index in [2.05, 4.69) is 15.5 Å². The predicted octanol–water partition coefficient (Wildman–Crippen LogP) is 1.43. The first-order chi connectivity index (χ1) is 12.1. The zero-order chi connectivity index (χ0) is 17.4. The highest BCUT2D eigenvalue weighted by molar-refractivity contribution is 8.00. The minimum atomic E-state index is -0.360. The number of aromatic nitrogens is 3. The van der Waals surface area contributed by atoms with Gasteiger partial charge in [0.25, 0.3) is 0 Å². The first-order valence-corrected chi connectivity index (χ1v) is 8.99. The van der Waals surface area contributed by atoms with Crippen LogP contribution >= 0.6 is 11.8 Å². The fourth-order valence-corrected chi connectivity index (χ4v) is 3.57. The number of carbonyl (C=O) groups is 1. The van der Waals surface area contributed by atoms with Crippen molar-refractivity contribution in [3.05, 3.63) is 34.2 Å². The third-order valence-electron chi connectivity index (χ3n) is 4.14. The van der Waals surface area contributed by atoms with Crippen LogP contribution in [0.3, 0.4) is 0 Å². The Morgan fingerprint density at radius 3 is 3.04 bits per heavy atom. The van der Waals surface area contributed by atoms with E-state index in [1.54, 1.807) is 11.5 Å². The number of carbonyl (C=O) groups excluding carboxylic acids is 1. The monoisotopic (exact) mass is 362 g/mol. The SMILES string of the molecule is C[C@H](Sc1n[nH]c(=O)n1C1CC1)C(=O)NCc1ccc2c(c1)OCO2. The molecule has 0 unspecified atom stereocenters. The van der Waals surface area contributed by atoms with Crippen LogP contribution in [0.4, 0.5) is 0 Å². The molecule has 0 spiro atoms. The molecular formula is C16H18N4O4S. The Kier molecular flexibility index (Phi) is 4.16. The van der Waals surface area contributed by atoms with Crippen LogP contribution in [0.1, 0.15) is 31.4 Å². The summed E-state index contributed by atoms with van der Waals surface area (Å²) >= 11 is 1.29. The van der Waals surface area contributed by atoms with Crippen LogP contribution in [0.25, 0.3) is 0 Å². The molecule has 1 fully saturated rings. The Labute approximate surface area is 147 Å². The van der Waals surface area contributed by atoms with Crippen LogP contribution in [-0.2, 0) is 11.3 Å². The standard InChI is InChI=1S/C16H18N4O4S/c1-9(25-16-19-18-15(22)20(16)11-3-4-11)14(21)17-7-10-2-5-12-13(6-10)24-8-23-12/h2,5-6,9,11H,3-4,7-8H2,1H3,(H,17,21)(H,18,22)/t9-/m0/s1. The third kappa shape index (κ3) is 3.37. The van der Waals surface area contributed by atoms with Gasteiger partial charge in [0.15, 0.2) is 16.7 Å². The van der Waals surface area contributed by atoms with Crippen molar-refractivity contribution in [2.24, 2.45) is 0 Å². The Bertz CT molecular complexity index is 858. The van der Waals surface area contributed by atoms with Crippen molar-refractivity contribution in [2.75, 3.05) is 6.79 Å². The summed E-state index contributed by atoms with van der Waals surface area (Å²) in [5.74, 6) is 1.30. The highest BCUT2D eigenvalue weighted by Gasteiger charge is 2.30. The van der Waals surface area contributed by atoms with Crippen molar-refractivity contribution in [1.29, 1.82) is 0 Å². The molecule has 1 aromatic carbocycles. The van der Waals surface area contributed by atoms with Crippen LogP contribution < -0.4 is 20.5 Å². The van der Waals surface area contributed by atoms with E-state index in [0.717, 1.165) is 24.2 Å². The lowest BCUT2D eigenvalue weighted by Crippen LogP contribution is -2.30. The van der Waals surface area contributed by atoms with E-state index >= 15 is 0 Å². The molecule has 2 heterocycles. The van der Waals surface area contributed by atoms with Crippen LogP contribution in [0, 0.1) is 0 Å². The molecule has 9 heteroatoms. The van der Waals surface area contributed by atoms with E-state index in [0.29, 0.717) is 17.5 Å². The largest absolute Gasteiger partial charge is 0.454 e. The molecule has 8 nitrogen and oxygen atoms in total. The van der Waals surface area contributed by atoms with Crippen molar-refractivity contribution in [3.63, 3.8) is 0 Å². The zero-order valence-corrected chi connectivity index (χ0v) is 14.5. The lowest BCUT2D eigenvalue weighted by Gasteiger charge is -2.12. The maximum absolute atomic E-state index is 12.3. The Hall–Kier alpha value is -2.42. The van der Waals surface area contributed by atoms with Gasteiger partial charge in [-0.25, -0.2) is 9.89 Å². The molecule has 2 aromatic rings. The number of nitrogens with one attached hydrogen (secondary N) is 2. The fraction of sp³-hybridized carbons (Fsp3) is 0.438. The van der Waals surface area contributed by atoms with Gasteiger partial charge in [-0.1, -0.05) is 17.8 Å². The molecule has 0 saturated heterocycles. The maximum Gasteiger partial charge on any atom is 0.344 e. The molecule has 4 rings (SSSR count). The van der Waals surface area contributed by atoms with Gasteiger partial charge in [0.05, 0.1) is 5.25 Å². The van der Waals surface area contributed by atoms with Gasteiger partial charge in [-0.3, -0.25) is 9.36 Å². The molecule has 1 amide bonds. The number of fused-ring (bicyclic) bond motifs is 1. The van der Waals surface area contributed by atoms with Crippen molar-refractivity contribution >= 4 is 17.7 Å². The first kappa shape index (κ1) is 16.1. The van der Waals surface area contributed by atoms with Crippen molar-refractivity contribution in [3.8, 4) is 11.5 Å². The van der Waals surface area contributed by atoms with Gasteiger partial charge in [-0.05, 0) is 37.5 Å². The summed E-state index contributed by atoms with van der Waals surface area (Å²) in [6.45, 7) is 2.43. The number of H-pyrrole nitrogens is 1. The molecule has 132 valence electrons. The second-order valence-electron chi connectivity index (χ2n) is 6.08. The quantitative estimate of drug-likeness (QED) is 0.755. The van der Waals surface area contributed by atoms with Crippen LogP contribution in [0.5, 0.6) is 11.5 Å². The van der Waals surface area contributed by atoms with E-state index in [-0.39, 0.29) is 29.7 Å². The second-order valence-corrected chi connectivity index (χ2v) is 7.39. The van der Waals surface area contributed by atoms with Crippen LogP contribution in [-0.4, -0.2) is 32.7 Å². The molecule has 1 aromatic heterocycles. The Morgan fingerprint density at radius 2 is 2.24 bits per heavy atom. The average molecular weight is 362 g/mol. The van der Waals surface area contributed by atoms with Gasteiger partial charge in [-0.15, -0.1) is 5.10 Å². The van der Waals surface area contributed by atoms with Gasteiger partial charge in [0.1, 0.15) is 0 Å². The lowest BCUT2D eigenvalue weighted by molar-refractivity contribution is -0.120. The fourth-order valence-electron chi connectivity index (χ4n) is 2.62. The average Bonchev–Trinajstić information content (AvgIpc) is 3.21. The number of thioether (sulfide) groups is 1. The van der Waals surface area contributed by atoms with Crippen molar-refractivity contribution in [1.82, 2.24) is 20.1 Å². The molecular weight excluding hydrogens is 344 g/mol. The summed E-state index contributed by atoms with van der Waals surface area (Å²) in [5.41, 5.74) is 0.724. The van der Waals surface area contributed by atoms with Crippen LogP contribution in [0.15, 0.2) is 28.2 Å². The van der Waals surface area contributed by atoms with E-state index < -0.39 is 0 Å². The third-order valence-corrected chi connectivity index (χ3v) is 5.21. The minimum Gasteiger partial charge on any atom is -0.454 e. The maximum atomic E-state index is 12.3. The lowest BCUT2D eigenvalue weighted by atomic mass is 10.2. The molecule has 2 aliphatic rings. The number of ether oxygens (including phenoxy) is 2. The zero-order valence-electron chi connectivity index (χ0n) is 13.7. The molecule has 2 N–H and O–H groups in total. The highest BCUT2D eigenvalue weighted by atomic mass is 32.2. The highest BCUT2D eigenvalue weighted by Crippen LogP contribution is 2.36. The number of nitrogens with zero attached hydrogens (tertiary/aromatic N) is 2. The Morgan fingerprint density at radius 1 is 1.44 bits per heavy atom.